The van der Waals surface area contributed by atoms with Gasteiger partial charge in [-0.25, -0.2) is 4.98 Å². The third-order valence-corrected chi connectivity index (χ3v) is 4.48. The molecular formula is C21H20N4O. The lowest BCUT2D eigenvalue weighted by Gasteiger charge is -2.12. The largest absolute Gasteiger partial charge is 0.508 e. The van der Waals surface area contributed by atoms with E-state index in [0.29, 0.717) is 18.9 Å². The number of rotatable bonds is 5. The molecule has 1 aromatic heterocycles. The molecule has 0 amide bonds. The van der Waals surface area contributed by atoms with Crippen molar-refractivity contribution in [3.05, 3.63) is 89.5 Å². The number of amidine groups is 1. The number of imidazole rings is 1. The number of aromatic hydroxyl groups is 1. The zero-order valence-electron chi connectivity index (χ0n) is 14.3. The van der Waals surface area contributed by atoms with Crippen molar-refractivity contribution in [1.82, 2.24) is 9.55 Å². The molecule has 0 spiro atoms. The predicted molar refractivity (Wildman–Crippen MR) is 103 cm³/mol. The summed E-state index contributed by atoms with van der Waals surface area (Å²) in [7, 11) is 0. The van der Waals surface area contributed by atoms with Crippen molar-refractivity contribution in [2.75, 3.05) is 6.54 Å². The molecule has 0 bridgehead atoms. The first kappa shape index (κ1) is 16.1. The minimum atomic E-state index is 0.259. The zero-order chi connectivity index (χ0) is 17.9. The summed E-state index contributed by atoms with van der Waals surface area (Å²) in [6.07, 6.45) is 4.61. The van der Waals surface area contributed by atoms with Gasteiger partial charge < -0.3 is 15.4 Å². The first-order chi connectivity index (χ1) is 12.7. The van der Waals surface area contributed by atoms with Crippen LogP contribution in [0.15, 0.2) is 72.0 Å². The van der Waals surface area contributed by atoms with Gasteiger partial charge in [-0.05, 0) is 23.3 Å². The molecule has 0 radical (unpaired) electrons. The van der Waals surface area contributed by atoms with E-state index in [1.807, 2.05) is 42.7 Å². The van der Waals surface area contributed by atoms with Crippen LogP contribution in [0.2, 0.25) is 0 Å². The Bertz CT molecular complexity index is 986. The fourth-order valence-electron chi connectivity index (χ4n) is 3.27. The van der Waals surface area contributed by atoms with Gasteiger partial charge in [0, 0.05) is 18.5 Å². The van der Waals surface area contributed by atoms with Crippen LogP contribution in [0.25, 0.3) is 5.57 Å². The van der Waals surface area contributed by atoms with Crippen molar-refractivity contribution >= 4 is 11.4 Å². The first-order valence-corrected chi connectivity index (χ1v) is 8.57. The van der Waals surface area contributed by atoms with E-state index >= 15 is 0 Å². The smallest absolute Gasteiger partial charge is 0.127 e. The van der Waals surface area contributed by atoms with Gasteiger partial charge in [0.25, 0.3) is 0 Å². The maximum Gasteiger partial charge on any atom is 0.127 e. The average Bonchev–Trinajstić information content (AvgIpc) is 3.22. The lowest BCUT2D eigenvalue weighted by Crippen LogP contribution is -2.15. The molecule has 0 saturated carbocycles. The average molecular weight is 344 g/mol. The Kier molecular flexibility index (Phi) is 4.27. The second-order valence-electron chi connectivity index (χ2n) is 6.34. The van der Waals surface area contributed by atoms with E-state index < -0.39 is 0 Å². The molecule has 4 rings (SSSR count). The number of hydrogen-bond donors (Lipinski definition) is 2. The summed E-state index contributed by atoms with van der Waals surface area (Å²) in [5.41, 5.74) is 11.2. The van der Waals surface area contributed by atoms with E-state index in [4.69, 9.17) is 5.73 Å². The number of nitrogens with two attached hydrogens (primary N) is 1. The molecular weight excluding hydrogens is 324 g/mol. The van der Waals surface area contributed by atoms with Crippen molar-refractivity contribution < 1.29 is 5.11 Å². The third-order valence-electron chi connectivity index (χ3n) is 4.48. The molecule has 0 saturated heterocycles. The quantitative estimate of drug-likeness (QED) is 0.747. The molecule has 5 nitrogen and oxygen atoms in total. The lowest BCUT2D eigenvalue weighted by atomic mass is 10.0. The Labute approximate surface area is 152 Å². The van der Waals surface area contributed by atoms with Crippen LogP contribution in [0.1, 0.15) is 22.5 Å². The summed E-state index contributed by atoms with van der Waals surface area (Å²) in [5, 5.41) is 9.74. The number of hydrogen-bond acceptors (Lipinski definition) is 4. The van der Waals surface area contributed by atoms with Gasteiger partial charge in [-0.3, -0.25) is 4.99 Å². The molecule has 5 heteroatoms. The van der Waals surface area contributed by atoms with E-state index in [-0.39, 0.29) is 5.75 Å². The number of phenols is 1. The molecule has 1 aliphatic rings. The van der Waals surface area contributed by atoms with Gasteiger partial charge >= 0.3 is 0 Å². The van der Waals surface area contributed by atoms with E-state index in [9.17, 15) is 5.11 Å². The molecule has 2 heterocycles. The molecule has 1 aliphatic heterocycles. The van der Waals surface area contributed by atoms with Crippen molar-refractivity contribution in [3.8, 4) is 5.75 Å². The normalized spacial score (nSPS) is 13.5. The van der Waals surface area contributed by atoms with Crippen LogP contribution < -0.4 is 5.73 Å². The highest BCUT2D eigenvalue weighted by atomic mass is 16.3. The van der Waals surface area contributed by atoms with Crippen molar-refractivity contribution in [2.45, 2.75) is 13.0 Å². The second kappa shape index (κ2) is 6.88. The Morgan fingerprint density at radius 2 is 1.85 bits per heavy atom. The molecule has 3 aromatic rings. The predicted octanol–water partition coefficient (Wildman–Crippen LogP) is 2.98. The number of benzene rings is 2. The molecule has 3 N–H and O–H groups in total. The standard InChI is InChI=1S/C21H20N4O/c22-21-18(9-10-23-21)20-19(12-15-5-2-1-3-6-15)24-14-25(20)13-16-7-4-8-17(26)11-16/h1-9,11,14,26H,10,12-13H2,(H2,22,23). The summed E-state index contributed by atoms with van der Waals surface area (Å²) >= 11 is 0. The van der Waals surface area contributed by atoms with E-state index in [1.54, 1.807) is 12.1 Å². The molecule has 0 fully saturated rings. The van der Waals surface area contributed by atoms with Gasteiger partial charge in [-0.1, -0.05) is 48.5 Å². The minimum Gasteiger partial charge on any atom is -0.508 e. The second-order valence-corrected chi connectivity index (χ2v) is 6.34. The fourth-order valence-corrected chi connectivity index (χ4v) is 3.27. The number of nitrogens with zero attached hydrogens (tertiary/aromatic N) is 3. The topological polar surface area (TPSA) is 76.4 Å². The first-order valence-electron chi connectivity index (χ1n) is 8.57. The van der Waals surface area contributed by atoms with Gasteiger partial charge in [0.15, 0.2) is 0 Å². The van der Waals surface area contributed by atoms with Crippen LogP contribution in [0.5, 0.6) is 5.75 Å². The molecule has 2 aromatic carbocycles. The monoisotopic (exact) mass is 344 g/mol. The molecule has 0 atom stereocenters. The SMILES string of the molecule is NC1=NCC=C1c1c(Cc2ccccc2)ncn1Cc1cccc(O)c1. The van der Waals surface area contributed by atoms with Crippen LogP contribution in [0.4, 0.5) is 0 Å². The van der Waals surface area contributed by atoms with Crippen molar-refractivity contribution in [1.29, 1.82) is 0 Å². The maximum atomic E-state index is 9.74. The van der Waals surface area contributed by atoms with Crippen LogP contribution in [-0.2, 0) is 13.0 Å². The summed E-state index contributed by atoms with van der Waals surface area (Å²) in [6, 6.07) is 17.5. The number of aliphatic imine (C=N–C) groups is 1. The minimum absolute atomic E-state index is 0.259. The molecule has 130 valence electrons. The van der Waals surface area contributed by atoms with Gasteiger partial charge in [0.05, 0.1) is 24.3 Å². The van der Waals surface area contributed by atoms with Crippen LogP contribution in [0.3, 0.4) is 0 Å². The fraction of sp³-hybridized carbons (Fsp3) is 0.143. The summed E-state index contributed by atoms with van der Waals surface area (Å²) in [4.78, 5) is 8.96. The van der Waals surface area contributed by atoms with Crippen LogP contribution >= 0.6 is 0 Å². The van der Waals surface area contributed by atoms with Crippen molar-refractivity contribution in [2.24, 2.45) is 10.7 Å². The van der Waals surface area contributed by atoms with Gasteiger partial charge in [-0.2, -0.15) is 0 Å². The Hall–Kier alpha value is -3.34. The molecule has 26 heavy (non-hydrogen) atoms. The highest BCUT2D eigenvalue weighted by Crippen LogP contribution is 2.25. The van der Waals surface area contributed by atoms with Crippen LogP contribution in [0, 0.1) is 0 Å². The molecule has 0 unspecified atom stereocenters. The van der Waals surface area contributed by atoms with Crippen molar-refractivity contribution in [3.63, 3.8) is 0 Å². The lowest BCUT2D eigenvalue weighted by molar-refractivity contribution is 0.474. The summed E-state index contributed by atoms with van der Waals surface area (Å²) in [6.45, 7) is 1.21. The zero-order valence-corrected chi connectivity index (χ0v) is 14.3. The maximum absolute atomic E-state index is 9.74. The van der Waals surface area contributed by atoms with E-state index in [1.165, 1.54) is 5.56 Å². The number of aromatic nitrogens is 2. The van der Waals surface area contributed by atoms with E-state index in [0.717, 1.165) is 28.9 Å². The summed E-state index contributed by atoms with van der Waals surface area (Å²) < 4.78 is 2.08. The third kappa shape index (κ3) is 3.24. The Morgan fingerprint density at radius 3 is 2.58 bits per heavy atom. The highest BCUT2D eigenvalue weighted by molar-refractivity contribution is 6.23. The Balaban J connectivity index is 1.73. The summed E-state index contributed by atoms with van der Waals surface area (Å²) in [5.74, 6) is 0.812. The Morgan fingerprint density at radius 1 is 1.04 bits per heavy atom. The number of phenolic OH excluding ortho intramolecular Hbond substituents is 1. The van der Waals surface area contributed by atoms with Crippen LogP contribution in [-0.4, -0.2) is 27.0 Å². The van der Waals surface area contributed by atoms with Gasteiger partial charge in [0.1, 0.15) is 11.6 Å². The van der Waals surface area contributed by atoms with Gasteiger partial charge in [0.2, 0.25) is 0 Å². The van der Waals surface area contributed by atoms with Gasteiger partial charge in [-0.15, -0.1) is 0 Å². The highest BCUT2D eigenvalue weighted by Gasteiger charge is 2.20. The molecule has 0 aliphatic carbocycles. The van der Waals surface area contributed by atoms with E-state index in [2.05, 4.69) is 26.7 Å².